The summed E-state index contributed by atoms with van der Waals surface area (Å²) in [6.07, 6.45) is 1.01. The molecule has 0 fully saturated rings. The van der Waals surface area contributed by atoms with Gasteiger partial charge < -0.3 is 5.32 Å². The standard InChI is InChI=1S/C24H26ClN3O5S2/c1-16-6-5-7-17(2)23(16)27-35(32,33)22-14-10-20(11-15-22)26-24(29)18(3)28(34(4,30)31)21-12-8-19(25)9-13-21/h5-15,18,27H,1-4H3,(H,26,29)/t18-/m1/s1. The van der Waals surface area contributed by atoms with Gasteiger partial charge in [0.2, 0.25) is 15.9 Å². The van der Waals surface area contributed by atoms with Crippen LogP contribution in [0.25, 0.3) is 0 Å². The van der Waals surface area contributed by atoms with Crippen molar-refractivity contribution in [2.45, 2.75) is 31.7 Å². The Kier molecular flexibility index (Phi) is 7.78. The average Bonchev–Trinajstić information content (AvgIpc) is 2.77. The maximum Gasteiger partial charge on any atom is 0.261 e. The molecule has 0 aliphatic rings. The molecule has 0 spiro atoms. The first kappa shape index (κ1) is 26.5. The number of rotatable bonds is 8. The number of aryl methyl sites for hydroxylation is 2. The van der Waals surface area contributed by atoms with Crippen molar-refractivity contribution >= 4 is 54.6 Å². The maximum atomic E-state index is 12.9. The zero-order chi connectivity index (χ0) is 26.0. The number of amides is 1. The minimum atomic E-state index is -3.85. The Morgan fingerprint density at radius 2 is 1.43 bits per heavy atom. The summed E-state index contributed by atoms with van der Waals surface area (Å²) in [7, 11) is -7.64. The largest absolute Gasteiger partial charge is 0.324 e. The number of anilines is 3. The summed E-state index contributed by atoms with van der Waals surface area (Å²) in [5.74, 6) is -0.588. The number of halogens is 1. The highest BCUT2D eigenvalue weighted by molar-refractivity contribution is 7.92. The molecule has 0 aliphatic heterocycles. The summed E-state index contributed by atoms with van der Waals surface area (Å²) in [6, 6.07) is 16.1. The van der Waals surface area contributed by atoms with E-state index in [9.17, 15) is 21.6 Å². The zero-order valence-corrected chi connectivity index (χ0v) is 22.0. The van der Waals surface area contributed by atoms with Crippen molar-refractivity contribution in [3.05, 3.63) is 82.9 Å². The van der Waals surface area contributed by atoms with E-state index in [-0.39, 0.29) is 4.90 Å². The highest BCUT2D eigenvalue weighted by atomic mass is 35.5. The summed E-state index contributed by atoms with van der Waals surface area (Å²) in [4.78, 5) is 12.9. The van der Waals surface area contributed by atoms with E-state index < -0.39 is 32.0 Å². The van der Waals surface area contributed by atoms with Crippen LogP contribution in [-0.4, -0.2) is 35.0 Å². The molecule has 11 heteroatoms. The van der Waals surface area contributed by atoms with Crippen molar-refractivity contribution in [3.8, 4) is 0 Å². The number of carbonyl (C=O) groups excluding carboxylic acids is 1. The molecule has 0 aromatic heterocycles. The van der Waals surface area contributed by atoms with E-state index in [1.54, 1.807) is 0 Å². The van der Waals surface area contributed by atoms with Crippen LogP contribution in [0.3, 0.4) is 0 Å². The van der Waals surface area contributed by atoms with Gasteiger partial charge in [0.25, 0.3) is 10.0 Å². The van der Waals surface area contributed by atoms with Crippen LogP contribution in [0.5, 0.6) is 0 Å². The van der Waals surface area contributed by atoms with Crippen LogP contribution in [0.1, 0.15) is 18.1 Å². The summed E-state index contributed by atoms with van der Waals surface area (Å²) >= 11 is 5.89. The van der Waals surface area contributed by atoms with Gasteiger partial charge in [-0.2, -0.15) is 0 Å². The Labute approximate surface area is 211 Å². The molecule has 35 heavy (non-hydrogen) atoms. The molecule has 186 valence electrons. The molecule has 0 aliphatic carbocycles. The number of para-hydroxylation sites is 1. The normalized spacial score (nSPS) is 12.6. The summed E-state index contributed by atoms with van der Waals surface area (Å²) in [5, 5.41) is 3.07. The van der Waals surface area contributed by atoms with Gasteiger partial charge in [-0.05, 0) is 80.4 Å². The molecule has 0 saturated heterocycles. The van der Waals surface area contributed by atoms with Crippen LogP contribution in [0.2, 0.25) is 5.02 Å². The van der Waals surface area contributed by atoms with E-state index in [1.807, 2.05) is 32.0 Å². The average molecular weight is 536 g/mol. The predicted octanol–water partition coefficient (Wildman–Crippen LogP) is 4.55. The molecule has 0 saturated carbocycles. The number of carbonyl (C=O) groups is 1. The van der Waals surface area contributed by atoms with Crippen LogP contribution in [-0.2, 0) is 24.8 Å². The highest BCUT2D eigenvalue weighted by Gasteiger charge is 2.29. The van der Waals surface area contributed by atoms with Crippen molar-refractivity contribution in [2.24, 2.45) is 0 Å². The first-order valence-corrected chi connectivity index (χ1v) is 14.3. The molecular weight excluding hydrogens is 510 g/mol. The van der Waals surface area contributed by atoms with Gasteiger partial charge in [-0.1, -0.05) is 29.8 Å². The third-order valence-electron chi connectivity index (χ3n) is 5.32. The lowest BCUT2D eigenvalue weighted by atomic mass is 10.1. The van der Waals surface area contributed by atoms with Crippen molar-refractivity contribution in [3.63, 3.8) is 0 Å². The molecule has 3 rings (SSSR count). The fraction of sp³-hybridized carbons (Fsp3) is 0.208. The minimum Gasteiger partial charge on any atom is -0.324 e. The van der Waals surface area contributed by atoms with Gasteiger partial charge in [0.05, 0.1) is 22.5 Å². The first-order chi connectivity index (χ1) is 16.3. The van der Waals surface area contributed by atoms with Gasteiger partial charge >= 0.3 is 0 Å². The Balaban J connectivity index is 1.78. The van der Waals surface area contributed by atoms with Crippen molar-refractivity contribution in [1.82, 2.24) is 0 Å². The third-order valence-corrected chi connectivity index (χ3v) is 8.18. The molecular formula is C24H26ClN3O5S2. The van der Waals surface area contributed by atoms with Crippen molar-refractivity contribution in [2.75, 3.05) is 20.6 Å². The molecule has 0 bridgehead atoms. The molecule has 0 unspecified atom stereocenters. The Morgan fingerprint density at radius 1 is 0.886 bits per heavy atom. The van der Waals surface area contributed by atoms with Gasteiger partial charge in [-0.25, -0.2) is 16.8 Å². The number of benzene rings is 3. The van der Waals surface area contributed by atoms with E-state index in [1.165, 1.54) is 55.5 Å². The first-order valence-electron chi connectivity index (χ1n) is 10.5. The van der Waals surface area contributed by atoms with E-state index in [4.69, 9.17) is 11.6 Å². The number of hydrogen-bond donors (Lipinski definition) is 2. The van der Waals surface area contributed by atoms with Crippen LogP contribution in [0.4, 0.5) is 17.1 Å². The Bertz CT molecular complexity index is 1420. The van der Waals surface area contributed by atoms with E-state index in [2.05, 4.69) is 10.0 Å². The molecule has 1 amide bonds. The fourth-order valence-corrected chi connectivity index (χ4v) is 6.03. The lowest BCUT2D eigenvalue weighted by Gasteiger charge is -2.28. The van der Waals surface area contributed by atoms with Gasteiger partial charge in [0, 0.05) is 10.7 Å². The quantitative estimate of drug-likeness (QED) is 0.439. The summed E-state index contributed by atoms with van der Waals surface area (Å²) < 4.78 is 54.1. The second-order valence-corrected chi connectivity index (χ2v) is 12.1. The summed E-state index contributed by atoms with van der Waals surface area (Å²) in [6.45, 7) is 5.08. The Morgan fingerprint density at radius 3 is 1.94 bits per heavy atom. The Hall–Kier alpha value is -3.08. The van der Waals surface area contributed by atoms with Crippen LogP contribution >= 0.6 is 11.6 Å². The van der Waals surface area contributed by atoms with Gasteiger partial charge in [0.1, 0.15) is 6.04 Å². The highest BCUT2D eigenvalue weighted by Crippen LogP contribution is 2.26. The molecule has 0 radical (unpaired) electrons. The molecule has 1 atom stereocenters. The van der Waals surface area contributed by atoms with E-state index in [0.717, 1.165) is 21.7 Å². The number of nitrogens with one attached hydrogen (secondary N) is 2. The summed E-state index contributed by atoms with van der Waals surface area (Å²) in [5.41, 5.74) is 2.71. The lowest BCUT2D eigenvalue weighted by Crippen LogP contribution is -2.45. The van der Waals surface area contributed by atoms with Gasteiger partial charge in [0.15, 0.2) is 0 Å². The van der Waals surface area contributed by atoms with Crippen molar-refractivity contribution in [1.29, 1.82) is 0 Å². The van der Waals surface area contributed by atoms with Crippen LogP contribution in [0.15, 0.2) is 71.6 Å². The predicted molar refractivity (Wildman–Crippen MR) is 140 cm³/mol. The molecule has 8 nitrogen and oxygen atoms in total. The molecule has 0 heterocycles. The topological polar surface area (TPSA) is 113 Å². The minimum absolute atomic E-state index is 0.0186. The second kappa shape index (κ2) is 10.3. The maximum absolute atomic E-state index is 12.9. The van der Waals surface area contributed by atoms with Crippen molar-refractivity contribution < 1.29 is 21.6 Å². The SMILES string of the molecule is Cc1cccc(C)c1NS(=O)(=O)c1ccc(NC(=O)[C@@H](C)N(c2ccc(Cl)cc2)S(C)(=O)=O)cc1. The number of nitrogens with zero attached hydrogens (tertiary/aromatic N) is 1. The molecule has 3 aromatic rings. The number of hydrogen-bond acceptors (Lipinski definition) is 5. The van der Waals surface area contributed by atoms with Gasteiger partial charge in [-0.15, -0.1) is 0 Å². The number of sulfonamides is 2. The van der Waals surface area contributed by atoms with E-state index >= 15 is 0 Å². The fourth-order valence-electron chi connectivity index (χ4n) is 3.53. The smallest absolute Gasteiger partial charge is 0.261 e. The van der Waals surface area contributed by atoms with Crippen LogP contribution < -0.4 is 14.3 Å². The third kappa shape index (κ3) is 6.33. The molecule has 2 N–H and O–H groups in total. The lowest BCUT2D eigenvalue weighted by molar-refractivity contribution is -0.116. The second-order valence-electron chi connectivity index (χ2n) is 8.10. The van der Waals surface area contributed by atoms with E-state index in [0.29, 0.717) is 22.1 Å². The molecule has 3 aromatic carbocycles. The zero-order valence-electron chi connectivity index (χ0n) is 19.6. The van der Waals surface area contributed by atoms with Crippen LogP contribution in [0, 0.1) is 13.8 Å². The monoisotopic (exact) mass is 535 g/mol. The van der Waals surface area contributed by atoms with Gasteiger partial charge in [-0.3, -0.25) is 13.8 Å².